The Balaban J connectivity index is 1.18. The third-order valence-electron chi connectivity index (χ3n) is 10.9. The maximum Gasteiger partial charge on any atom is 0.179 e. The van der Waals surface area contributed by atoms with Gasteiger partial charge < -0.3 is 5.32 Å². The molecule has 61 heavy (non-hydrogen) atoms. The summed E-state index contributed by atoms with van der Waals surface area (Å²) >= 11 is 0. The Morgan fingerprint density at radius 2 is 0.803 bits per heavy atom. The molecule has 0 fully saturated rings. The van der Waals surface area contributed by atoms with Crippen molar-refractivity contribution in [2.24, 2.45) is 9.98 Å². The first-order valence-corrected chi connectivity index (χ1v) is 22.2. The molecular formula is C52H38N8Si. The normalized spacial score (nSPS) is 13.7. The molecule has 0 radical (unpaired) electrons. The number of nitrogens with one attached hydrogen (secondary N) is 1. The smallest absolute Gasteiger partial charge is 0.179 e. The number of aliphatic imine (C=N–C) groups is 2. The summed E-state index contributed by atoms with van der Waals surface area (Å²) < 4.78 is 0. The Bertz CT molecular complexity index is 2890. The van der Waals surface area contributed by atoms with Crippen molar-refractivity contribution < 1.29 is 0 Å². The summed E-state index contributed by atoms with van der Waals surface area (Å²) in [6.45, 7) is 0. The number of hydrogen-bond acceptors (Lipinski definition) is 8. The Hall–Kier alpha value is -8.01. The van der Waals surface area contributed by atoms with Crippen LogP contribution < -0.4 is 26.1 Å². The van der Waals surface area contributed by atoms with Gasteiger partial charge in [-0.1, -0.05) is 170 Å². The van der Waals surface area contributed by atoms with E-state index in [1.165, 1.54) is 20.7 Å². The third kappa shape index (κ3) is 7.46. The number of rotatable bonds is 10. The fraction of sp³-hybridized carbons (Fsp3) is 0.0192. The molecular weight excluding hydrogens is 765 g/mol. The quantitative estimate of drug-likeness (QED) is 0.113. The van der Waals surface area contributed by atoms with Crippen molar-refractivity contribution >= 4 is 40.5 Å². The Morgan fingerprint density at radius 1 is 0.377 bits per heavy atom. The molecule has 0 aliphatic carbocycles. The van der Waals surface area contributed by atoms with E-state index in [9.17, 15) is 0 Å². The molecule has 1 unspecified atom stereocenters. The average Bonchev–Trinajstić information content (AvgIpc) is 3.36. The highest BCUT2D eigenvalue weighted by Crippen LogP contribution is 2.26. The molecule has 0 spiro atoms. The van der Waals surface area contributed by atoms with Crippen molar-refractivity contribution in [3.63, 3.8) is 0 Å². The summed E-state index contributed by atoms with van der Waals surface area (Å²) in [5.41, 5.74) is 5.59. The van der Waals surface area contributed by atoms with E-state index in [2.05, 4.69) is 124 Å². The van der Waals surface area contributed by atoms with E-state index in [4.69, 9.17) is 24.9 Å². The van der Waals surface area contributed by atoms with Crippen LogP contribution in [0.15, 0.2) is 229 Å². The zero-order valence-electron chi connectivity index (χ0n) is 33.0. The monoisotopic (exact) mass is 802 g/mol. The summed E-state index contributed by atoms with van der Waals surface area (Å²) in [6.07, 6.45) is 6.78. The largest absolute Gasteiger partial charge is 0.344 e. The molecule has 9 aromatic rings. The van der Waals surface area contributed by atoms with Crippen LogP contribution in [0, 0.1) is 0 Å². The summed E-state index contributed by atoms with van der Waals surface area (Å²) in [4.78, 5) is 34.1. The van der Waals surface area contributed by atoms with Crippen LogP contribution in [0.1, 0.15) is 22.9 Å². The molecule has 0 bridgehead atoms. The lowest BCUT2D eigenvalue weighted by molar-refractivity contribution is 0.673. The second-order valence-corrected chi connectivity index (χ2v) is 18.5. The molecule has 6 aromatic carbocycles. The summed E-state index contributed by atoms with van der Waals surface area (Å²) in [5, 5.41) is 8.41. The van der Waals surface area contributed by atoms with E-state index >= 15 is 0 Å². The van der Waals surface area contributed by atoms with Crippen molar-refractivity contribution in [1.82, 2.24) is 30.2 Å². The van der Waals surface area contributed by atoms with Crippen molar-refractivity contribution in [1.29, 1.82) is 0 Å². The lowest BCUT2D eigenvalue weighted by atomic mass is 10.1. The average molecular weight is 803 g/mol. The van der Waals surface area contributed by atoms with Gasteiger partial charge in [-0.15, -0.1) is 0 Å². The molecule has 10 rings (SSSR count). The van der Waals surface area contributed by atoms with E-state index < -0.39 is 8.07 Å². The van der Waals surface area contributed by atoms with Crippen molar-refractivity contribution in [3.05, 3.63) is 236 Å². The van der Waals surface area contributed by atoms with E-state index in [1.54, 1.807) is 24.8 Å². The minimum atomic E-state index is -3.08. The van der Waals surface area contributed by atoms with Crippen LogP contribution in [-0.4, -0.2) is 44.7 Å². The Labute approximate surface area is 355 Å². The zero-order valence-corrected chi connectivity index (χ0v) is 34.0. The lowest BCUT2D eigenvalue weighted by Crippen LogP contribution is -2.74. The van der Waals surface area contributed by atoms with Crippen molar-refractivity contribution in [2.45, 2.75) is 6.17 Å². The zero-order chi connectivity index (χ0) is 40.9. The van der Waals surface area contributed by atoms with Gasteiger partial charge in [0.05, 0.1) is 0 Å². The minimum Gasteiger partial charge on any atom is -0.344 e. The van der Waals surface area contributed by atoms with Crippen LogP contribution >= 0.6 is 0 Å². The van der Waals surface area contributed by atoms with E-state index in [1.807, 2.05) is 84.9 Å². The number of nitrogens with zero attached hydrogens (tertiary/aromatic N) is 7. The van der Waals surface area contributed by atoms with Crippen molar-refractivity contribution in [3.8, 4) is 34.2 Å². The van der Waals surface area contributed by atoms with Gasteiger partial charge in [-0.2, -0.15) is 0 Å². The highest BCUT2D eigenvalue weighted by atomic mass is 28.3. The van der Waals surface area contributed by atoms with Gasteiger partial charge in [0.15, 0.2) is 31.4 Å². The molecule has 290 valence electrons. The summed E-state index contributed by atoms with van der Waals surface area (Å²) in [6, 6.07) is 67.5. The topological polar surface area (TPSA) is 101 Å². The number of hydrogen-bond donors (Lipinski definition) is 1. The van der Waals surface area contributed by atoms with Gasteiger partial charge in [0.25, 0.3) is 0 Å². The fourth-order valence-corrected chi connectivity index (χ4v) is 12.9. The second kappa shape index (κ2) is 16.7. The molecule has 9 heteroatoms. The molecule has 0 amide bonds. The van der Waals surface area contributed by atoms with Crippen molar-refractivity contribution in [2.75, 3.05) is 0 Å². The minimum absolute atomic E-state index is 0.369. The van der Waals surface area contributed by atoms with Crippen LogP contribution in [0.5, 0.6) is 0 Å². The molecule has 1 aliphatic rings. The van der Waals surface area contributed by atoms with Crippen LogP contribution in [0.2, 0.25) is 0 Å². The summed E-state index contributed by atoms with van der Waals surface area (Å²) in [5.74, 6) is 3.22. The van der Waals surface area contributed by atoms with Crippen LogP contribution in [0.3, 0.4) is 0 Å². The predicted molar refractivity (Wildman–Crippen MR) is 247 cm³/mol. The van der Waals surface area contributed by atoms with Gasteiger partial charge >= 0.3 is 0 Å². The highest BCUT2D eigenvalue weighted by Gasteiger charge is 2.42. The first-order chi connectivity index (χ1) is 30.2. The maximum atomic E-state index is 5.23. The molecule has 1 aliphatic heterocycles. The molecule has 1 atom stereocenters. The first-order valence-electron chi connectivity index (χ1n) is 20.2. The van der Waals surface area contributed by atoms with E-state index in [0.29, 0.717) is 23.3 Å². The molecule has 8 nitrogen and oxygen atoms in total. The Kier molecular flexibility index (Phi) is 10.2. The molecule has 3 aromatic heterocycles. The molecule has 4 heterocycles. The molecule has 0 saturated heterocycles. The first kappa shape index (κ1) is 37.3. The van der Waals surface area contributed by atoms with Crippen LogP contribution in [0.25, 0.3) is 34.2 Å². The van der Waals surface area contributed by atoms with Crippen LogP contribution in [0.4, 0.5) is 0 Å². The fourth-order valence-electron chi connectivity index (χ4n) is 8.05. The van der Waals surface area contributed by atoms with Gasteiger partial charge in [-0.3, -0.25) is 9.97 Å². The second-order valence-electron chi connectivity index (χ2n) is 14.7. The third-order valence-corrected chi connectivity index (χ3v) is 15.7. The summed E-state index contributed by atoms with van der Waals surface area (Å²) in [7, 11) is -3.08. The lowest BCUT2D eigenvalue weighted by Gasteiger charge is -2.35. The number of benzene rings is 6. The maximum absolute atomic E-state index is 5.23. The van der Waals surface area contributed by atoms with Gasteiger partial charge in [0, 0.05) is 52.6 Å². The van der Waals surface area contributed by atoms with Crippen LogP contribution in [-0.2, 0) is 0 Å². The highest BCUT2D eigenvalue weighted by molar-refractivity contribution is 7.20. The van der Waals surface area contributed by atoms with Gasteiger partial charge in [-0.05, 0) is 50.6 Å². The number of pyridine rings is 2. The number of aromatic nitrogens is 5. The standard InChI is InChI=1S/C52H38N8Si/c1-5-15-37(16-6-1)47-55-48(38-17-7-2-8-18-38)58-51(57-47)41-19-13-25-45(35-41)61(43-21-9-3-10-22-43,44-23-11-4-12-24-44)46-26-14-20-42(36-46)52-59-49(39-27-31-53-32-28-39)56-50(60-52)40-29-33-54-34-30-40/h1-36,49H,(H,56,59,60). The van der Waals surface area contributed by atoms with E-state index in [-0.39, 0.29) is 6.17 Å². The van der Waals surface area contributed by atoms with Gasteiger partial charge in [-0.25, -0.2) is 24.9 Å². The van der Waals surface area contributed by atoms with E-state index in [0.717, 1.165) is 39.2 Å². The van der Waals surface area contributed by atoms with Gasteiger partial charge in [0.1, 0.15) is 12.0 Å². The molecule has 0 saturated carbocycles. The SMILES string of the molecule is c1ccc(-c2nc(-c3ccccc3)nc(-c3cccc([Si](c4ccccc4)(c4ccccc4)c4cccc(C5=NC(c6ccncc6)NC(c6ccncc6)=N5)c4)c3)n2)cc1. The predicted octanol–water partition coefficient (Wildman–Crippen LogP) is 7.54. The molecule has 1 N–H and O–H groups in total. The van der Waals surface area contributed by atoms with Gasteiger partial charge in [0.2, 0.25) is 0 Å². The Morgan fingerprint density at radius 3 is 1.34 bits per heavy atom. The number of amidine groups is 2.